The highest BCUT2D eigenvalue weighted by atomic mass is 32.2. The predicted octanol–water partition coefficient (Wildman–Crippen LogP) is 0.593. The molecule has 0 bridgehead atoms. The second-order valence-corrected chi connectivity index (χ2v) is 5.63. The number of hydrogen-bond acceptors (Lipinski definition) is 4. The second kappa shape index (κ2) is 6.42. The van der Waals surface area contributed by atoms with Gasteiger partial charge in [0.2, 0.25) is 6.79 Å². The first-order valence-corrected chi connectivity index (χ1v) is 7.58. The summed E-state index contributed by atoms with van der Waals surface area (Å²) in [4.78, 5) is 11.5. The van der Waals surface area contributed by atoms with Crippen LogP contribution < -0.4 is 20.1 Å². The monoisotopic (exact) mass is 284 g/mol. The Balaban J connectivity index is 1.76. The maximum Gasteiger partial charge on any atom is 0.315 e. The van der Waals surface area contributed by atoms with E-state index in [1.807, 2.05) is 18.2 Å². The molecule has 0 radical (unpaired) electrons. The number of nitrogens with one attached hydrogen (secondary N) is 2. The fourth-order valence-corrected chi connectivity index (χ4v) is 1.99. The van der Waals surface area contributed by atoms with E-state index >= 15 is 0 Å². The minimum absolute atomic E-state index is 0.237. The number of amides is 2. The summed E-state index contributed by atoms with van der Waals surface area (Å²) in [6.45, 7) is 1.04. The van der Waals surface area contributed by atoms with E-state index in [9.17, 15) is 9.00 Å². The van der Waals surface area contributed by atoms with E-state index in [-0.39, 0.29) is 12.8 Å². The number of benzene rings is 1. The average molecular weight is 284 g/mol. The fourth-order valence-electron chi connectivity index (χ4n) is 1.60. The largest absolute Gasteiger partial charge is 0.454 e. The van der Waals surface area contributed by atoms with Crippen molar-refractivity contribution in [2.45, 2.75) is 6.54 Å². The minimum atomic E-state index is -0.895. The van der Waals surface area contributed by atoms with Gasteiger partial charge in [0.25, 0.3) is 0 Å². The summed E-state index contributed by atoms with van der Waals surface area (Å²) in [5, 5.41) is 5.36. The van der Waals surface area contributed by atoms with Gasteiger partial charge in [0, 0.05) is 35.9 Å². The molecule has 0 saturated heterocycles. The van der Waals surface area contributed by atoms with Crippen LogP contribution in [0.4, 0.5) is 4.79 Å². The highest BCUT2D eigenvalue weighted by Gasteiger charge is 2.13. The highest BCUT2D eigenvalue weighted by molar-refractivity contribution is 7.84. The highest BCUT2D eigenvalue weighted by Crippen LogP contribution is 2.32. The van der Waals surface area contributed by atoms with Crippen molar-refractivity contribution in [2.75, 3.05) is 25.3 Å². The maximum atomic E-state index is 11.5. The smallest absolute Gasteiger partial charge is 0.315 e. The Hall–Kier alpha value is -1.76. The lowest BCUT2D eigenvalue weighted by atomic mass is 10.2. The molecule has 1 aliphatic rings. The van der Waals surface area contributed by atoms with Crippen molar-refractivity contribution in [3.05, 3.63) is 23.8 Å². The number of urea groups is 1. The molecule has 0 aromatic heterocycles. The lowest BCUT2D eigenvalue weighted by Crippen LogP contribution is -2.37. The summed E-state index contributed by atoms with van der Waals surface area (Å²) >= 11 is 0. The summed E-state index contributed by atoms with van der Waals surface area (Å²) in [5.74, 6) is 1.87. The van der Waals surface area contributed by atoms with Gasteiger partial charge in [0.1, 0.15) is 0 Å². The molecule has 0 saturated carbocycles. The number of ether oxygens (including phenoxy) is 2. The van der Waals surface area contributed by atoms with Crippen molar-refractivity contribution >= 4 is 16.8 Å². The van der Waals surface area contributed by atoms with Crippen molar-refractivity contribution in [1.82, 2.24) is 10.6 Å². The van der Waals surface area contributed by atoms with Gasteiger partial charge < -0.3 is 20.1 Å². The quantitative estimate of drug-likeness (QED) is 0.830. The van der Waals surface area contributed by atoms with E-state index in [1.54, 1.807) is 6.26 Å². The number of rotatable bonds is 5. The molecule has 0 aliphatic carbocycles. The van der Waals surface area contributed by atoms with Crippen molar-refractivity contribution in [2.24, 2.45) is 0 Å². The number of hydrogen-bond donors (Lipinski definition) is 2. The summed E-state index contributed by atoms with van der Waals surface area (Å²) < 4.78 is 21.3. The minimum Gasteiger partial charge on any atom is -0.454 e. The number of carbonyl (C=O) groups excluding carboxylic acids is 1. The summed E-state index contributed by atoms with van der Waals surface area (Å²) in [6.07, 6.45) is 1.60. The van der Waals surface area contributed by atoms with Crippen LogP contribution in [-0.4, -0.2) is 35.6 Å². The van der Waals surface area contributed by atoms with Gasteiger partial charge in [-0.15, -0.1) is 0 Å². The Bertz CT molecular complexity index is 493. The van der Waals surface area contributed by atoms with Gasteiger partial charge in [0.15, 0.2) is 11.5 Å². The van der Waals surface area contributed by atoms with Crippen molar-refractivity contribution < 1.29 is 18.5 Å². The molecule has 0 spiro atoms. The van der Waals surface area contributed by atoms with Gasteiger partial charge in [0.05, 0.1) is 0 Å². The lowest BCUT2D eigenvalue weighted by molar-refractivity contribution is 0.174. The molecule has 19 heavy (non-hydrogen) atoms. The van der Waals surface area contributed by atoms with Crippen molar-refractivity contribution in [3.63, 3.8) is 0 Å². The third-order valence-electron chi connectivity index (χ3n) is 2.57. The Morgan fingerprint density at radius 2 is 2.11 bits per heavy atom. The van der Waals surface area contributed by atoms with Crippen LogP contribution in [0.2, 0.25) is 0 Å². The van der Waals surface area contributed by atoms with Gasteiger partial charge >= 0.3 is 6.03 Å². The first-order chi connectivity index (χ1) is 9.15. The van der Waals surface area contributed by atoms with Crippen LogP contribution >= 0.6 is 0 Å². The fraction of sp³-hybridized carbons (Fsp3) is 0.417. The molecular formula is C12H16N2O4S. The summed E-state index contributed by atoms with van der Waals surface area (Å²) in [6, 6.07) is 5.25. The number of fused-ring (bicyclic) bond motifs is 1. The van der Waals surface area contributed by atoms with Gasteiger partial charge in [-0.1, -0.05) is 6.07 Å². The van der Waals surface area contributed by atoms with Crippen LogP contribution in [-0.2, 0) is 17.3 Å². The normalized spacial score (nSPS) is 13.9. The summed E-state index contributed by atoms with van der Waals surface area (Å²) in [7, 11) is -0.895. The van der Waals surface area contributed by atoms with Crippen molar-refractivity contribution in [1.29, 1.82) is 0 Å². The van der Waals surface area contributed by atoms with Gasteiger partial charge in [-0.3, -0.25) is 4.21 Å². The molecule has 1 aliphatic heterocycles. The van der Waals surface area contributed by atoms with Crippen LogP contribution in [0.25, 0.3) is 0 Å². The van der Waals surface area contributed by atoms with Crippen LogP contribution in [0.3, 0.4) is 0 Å². The zero-order valence-electron chi connectivity index (χ0n) is 10.6. The molecule has 0 fully saturated rings. The zero-order chi connectivity index (χ0) is 13.7. The van der Waals surface area contributed by atoms with Gasteiger partial charge in [-0.05, 0) is 17.7 Å². The summed E-state index contributed by atoms with van der Waals surface area (Å²) in [5.41, 5.74) is 0.929. The number of carbonyl (C=O) groups is 1. The van der Waals surface area contributed by atoms with E-state index in [2.05, 4.69) is 10.6 Å². The SMILES string of the molecule is C[S@@](=O)CCNC(=O)NCc1ccc2c(c1)OCO2. The standard InChI is InChI=1S/C12H16N2O4S/c1-19(16)5-4-13-12(15)14-7-9-2-3-10-11(6-9)18-8-17-10/h2-3,6H,4-5,7-8H2,1H3,(H2,13,14,15)/t19-/m1/s1. The van der Waals surface area contributed by atoms with Crippen molar-refractivity contribution in [3.8, 4) is 11.5 Å². The first-order valence-electron chi connectivity index (χ1n) is 5.85. The Morgan fingerprint density at radius 1 is 1.32 bits per heavy atom. The van der Waals surface area contributed by atoms with E-state index in [0.29, 0.717) is 24.6 Å². The molecule has 2 N–H and O–H groups in total. The molecular weight excluding hydrogens is 268 g/mol. The van der Waals surface area contributed by atoms with E-state index in [0.717, 1.165) is 11.3 Å². The van der Waals surface area contributed by atoms with Gasteiger partial charge in [-0.25, -0.2) is 4.79 Å². The zero-order valence-corrected chi connectivity index (χ0v) is 11.4. The van der Waals surface area contributed by atoms with Crippen LogP contribution in [0, 0.1) is 0 Å². The molecule has 7 heteroatoms. The van der Waals surface area contributed by atoms with E-state index in [1.165, 1.54) is 0 Å². The molecule has 1 aromatic carbocycles. The third-order valence-corrected chi connectivity index (χ3v) is 3.34. The predicted molar refractivity (Wildman–Crippen MR) is 71.7 cm³/mol. The molecule has 0 unspecified atom stereocenters. The second-order valence-electron chi connectivity index (χ2n) is 4.07. The molecule has 104 valence electrons. The van der Waals surface area contributed by atoms with Gasteiger partial charge in [-0.2, -0.15) is 0 Å². The topological polar surface area (TPSA) is 76.7 Å². The molecule has 6 nitrogen and oxygen atoms in total. The molecule has 2 amide bonds. The lowest BCUT2D eigenvalue weighted by Gasteiger charge is -2.07. The van der Waals surface area contributed by atoms with Crippen LogP contribution in [0.15, 0.2) is 18.2 Å². The molecule has 1 heterocycles. The van der Waals surface area contributed by atoms with E-state index in [4.69, 9.17) is 9.47 Å². The van der Waals surface area contributed by atoms with Crippen LogP contribution in [0.5, 0.6) is 11.5 Å². The molecule has 1 aromatic rings. The average Bonchev–Trinajstić information content (AvgIpc) is 2.83. The first kappa shape index (κ1) is 13.7. The molecule has 2 rings (SSSR count). The molecule has 1 atom stereocenters. The Kier molecular flexibility index (Phi) is 4.62. The third kappa shape index (κ3) is 4.13. The Morgan fingerprint density at radius 3 is 2.89 bits per heavy atom. The van der Waals surface area contributed by atoms with Crippen LogP contribution in [0.1, 0.15) is 5.56 Å². The Labute approximate surface area is 113 Å². The van der Waals surface area contributed by atoms with E-state index < -0.39 is 10.8 Å². The maximum absolute atomic E-state index is 11.5.